The summed E-state index contributed by atoms with van der Waals surface area (Å²) in [5.74, 6) is -1.45. The number of aromatic amines is 1. The first kappa shape index (κ1) is 14.6. The summed E-state index contributed by atoms with van der Waals surface area (Å²) in [7, 11) is 1.54. The lowest BCUT2D eigenvalue weighted by Crippen LogP contribution is -2.43. The van der Waals surface area contributed by atoms with E-state index in [1.54, 1.807) is 44.3 Å². The second-order valence-electron chi connectivity index (χ2n) is 6.04. The summed E-state index contributed by atoms with van der Waals surface area (Å²) in [5, 5.41) is 11.2. The summed E-state index contributed by atoms with van der Waals surface area (Å²) in [5.41, 5.74) is -1.20. The standard InChI is InChI=1S/C17H14N2O5/c1-8-7-9-12(14(20)18-8)15(21)24-13(9)17(23)10-5-3-4-6-11(10)19(2)16(17)22/h3-7,13,23H,1-2H3,(H,18,20). The number of hydrogen-bond donors (Lipinski definition) is 2. The van der Waals surface area contributed by atoms with Crippen molar-refractivity contribution in [3.63, 3.8) is 0 Å². The number of ether oxygens (including phenoxy) is 1. The van der Waals surface area contributed by atoms with Crippen LogP contribution in [-0.2, 0) is 15.1 Å². The molecule has 0 saturated heterocycles. The van der Waals surface area contributed by atoms with Crippen molar-refractivity contribution in [1.29, 1.82) is 0 Å². The lowest BCUT2D eigenvalue weighted by atomic mass is 9.85. The van der Waals surface area contributed by atoms with Crippen LogP contribution in [0.15, 0.2) is 35.1 Å². The molecule has 2 N–H and O–H groups in total. The Bertz CT molecular complexity index is 964. The van der Waals surface area contributed by atoms with Gasteiger partial charge in [0.1, 0.15) is 5.56 Å². The number of carbonyl (C=O) groups excluding carboxylic acids is 2. The molecule has 2 aliphatic heterocycles. The smallest absolute Gasteiger partial charge is 0.344 e. The van der Waals surface area contributed by atoms with Crippen LogP contribution in [0, 0.1) is 6.92 Å². The zero-order valence-corrected chi connectivity index (χ0v) is 13.0. The van der Waals surface area contributed by atoms with Crippen molar-refractivity contribution in [2.24, 2.45) is 0 Å². The van der Waals surface area contributed by atoms with Gasteiger partial charge >= 0.3 is 5.97 Å². The zero-order valence-electron chi connectivity index (χ0n) is 13.0. The van der Waals surface area contributed by atoms with Gasteiger partial charge in [0, 0.05) is 23.9 Å². The average Bonchev–Trinajstić information content (AvgIpc) is 2.98. The van der Waals surface area contributed by atoms with Gasteiger partial charge in [-0.3, -0.25) is 9.59 Å². The molecule has 0 radical (unpaired) electrons. The molecule has 2 atom stereocenters. The molecule has 7 heteroatoms. The first-order chi connectivity index (χ1) is 11.4. The molecule has 2 aliphatic rings. The minimum absolute atomic E-state index is 0.168. The number of amides is 1. The fraction of sp³-hybridized carbons (Fsp3) is 0.235. The Kier molecular flexibility index (Phi) is 2.77. The minimum atomic E-state index is -2.06. The highest BCUT2D eigenvalue weighted by atomic mass is 16.6. The van der Waals surface area contributed by atoms with Crippen LogP contribution in [-0.4, -0.2) is 29.0 Å². The van der Waals surface area contributed by atoms with Gasteiger partial charge in [-0.25, -0.2) is 4.79 Å². The Morgan fingerprint density at radius 3 is 2.71 bits per heavy atom. The van der Waals surface area contributed by atoms with Gasteiger partial charge in [-0.05, 0) is 19.1 Å². The van der Waals surface area contributed by atoms with E-state index in [2.05, 4.69) is 4.98 Å². The third-order valence-corrected chi connectivity index (χ3v) is 4.60. The fourth-order valence-corrected chi connectivity index (χ4v) is 3.49. The van der Waals surface area contributed by atoms with E-state index in [0.717, 1.165) is 0 Å². The van der Waals surface area contributed by atoms with Crippen LogP contribution in [0.5, 0.6) is 0 Å². The van der Waals surface area contributed by atoms with Gasteiger partial charge in [0.05, 0.1) is 5.69 Å². The number of esters is 1. The molecule has 0 aliphatic carbocycles. The lowest BCUT2D eigenvalue weighted by molar-refractivity contribution is -0.149. The van der Waals surface area contributed by atoms with E-state index in [1.807, 2.05) is 0 Å². The SMILES string of the molecule is Cc1cc2c(c(=O)[nH]1)C(=O)OC2C1(O)C(=O)N(C)c2ccccc21. The van der Waals surface area contributed by atoms with E-state index in [-0.39, 0.29) is 11.1 Å². The van der Waals surface area contributed by atoms with Gasteiger partial charge in [-0.2, -0.15) is 0 Å². The number of rotatable bonds is 1. The summed E-state index contributed by atoms with van der Waals surface area (Å²) in [6, 6.07) is 8.31. The number of hydrogen-bond acceptors (Lipinski definition) is 5. The molecular formula is C17H14N2O5. The largest absolute Gasteiger partial charge is 0.450 e. The van der Waals surface area contributed by atoms with Crippen LogP contribution in [0.2, 0.25) is 0 Å². The number of carbonyl (C=O) groups is 2. The molecule has 3 heterocycles. The second kappa shape index (κ2) is 4.55. The molecule has 4 rings (SSSR count). The number of H-pyrrole nitrogens is 1. The molecule has 1 amide bonds. The number of aromatic nitrogens is 1. The van der Waals surface area contributed by atoms with Crippen molar-refractivity contribution in [1.82, 2.24) is 4.98 Å². The van der Waals surface area contributed by atoms with Crippen molar-refractivity contribution in [2.75, 3.05) is 11.9 Å². The number of para-hydroxylation sites is 1. The number of cyclic esters (lactones) is 1. The average molecular weight is 326 g/mol. The highest BCUT2D eigenvalue weighted by molar-refractivity contribution is 6.08. The molecule has 0 bridgehead atoms. The topological polar surface area (TPSA) is 99.7 Å². The molecule has 0 saturated carbocycles. The van der Waals surface area contributed by atoms with Crippen LogP contribution >= 0.6 is 0 Å². The van der Waals surface area contributed by atoms with Gasteiger partial charge in [-0.1, -0.05) is 18.2 Å². The Hall–Kier alpha value is -2.93. The zero-order chi connectivity index (χ0) is 17.2. The normalized spacial score (nSPS) is 24.8. The first-order valence-electron chi connectivity index (χ1n) is 7.40. The van der Waals surface area contributed by atoms with Crippen molar-refractivity contribution in [3.8, 4) is 0 Å². The maximum Gasteiger partial charge on any atom is 0.344 e. The Morgan fingerprint density at radius 1 is 1.25 bits per heavy atom. The van der Waals surface area contributed by atoms with Gasteiger partial charge in [0.15, 0.2) is 6.10 Å². The number of nitrogens with zero attached hydrogens (tertiary/aromatic N) is 1. The summed E-state index contributed by atoms with van der Waals surface area (Å²) in [6.45, 7) is 1.65. The number of aliphatic hydroxyl groups is 1. The molecule has 7 nitrogen and oxygen atoms in total. The molecule has 0 spiro atoms. The number of anilines is 1. The van der Waals surface area contributed by atoms with Gasteiger partial charge in [0.25, 0.3) is 11.5 Å². The quantitative estimate of drug-likeness (QED) is 0.754. The summed E-state index contributed by atoms with van der Waals surface area (Å²) in [4.78, 5) is 40.8. The third-order valence-electron chi connectivity index (χ3n) is 4.60. The van der Waals surface area contributed by atoms with E-state index in [9.17, 15) is 19.5 Å². The molecule has 24 heavy (non-hydrogen) atoms. The summed E-state index contributed by atoms with van der Waals surface area (Å²) < 4.78 is 5.27. The molecule has 1 aromatic carbocycles. The fourth-order valence-electron chi connectivity index (χ4n) is 3.49. The molecule has 2 unspecified atom stereocenters. The number of benzene rings is 1. The van der Waals surface area contributed by atoms with Crippen molar-refractivity contribution >= 4 is 17.6 Å². The van der Waals surface area contributed by atoms with Crippen LogP contribution in [0.3, 0.4) is 0 Å². The van der Waals surface area contributed by atoms with Crippen LogP contribution in [0.25, 0.3) is 0 Å². The highest BCUT2D eigenvalue weighted by Crippen LogP contribution is 2.50. The van der Waals surface area contributed by atoms with Crippen molar-refractivity contribution < 1.29 is 19.4 Å². The maximum atomic E-state index is 12.8. The molecule has 0 fully saturated rings. The summed E-state index contributed by atoms with van der Waals surface area (Å²) >= 11 is 0. The minimum Gasteiger partial charge on any atom is -0.450 e. The Balaban J connectivity index is 1.98. The Morgan fingerprint density at radius 2 is 1.96 bits per heavy atom. The predicted molar refractivity (Wildman–Crippen MR) is 83.7 cm³/mol. The predicted octanol–water partition coefficient (Wildman–Crippen LogP) is 0.759. The molecular weight excluding hydrogens is 312 g/mol. The molecule has 1 aromatic heterocycles. The summed E-state index contributed by atoms with van der Waals surface area (Å²) in [6.07, 6.45) is -1.26. The number of nitrogens with one attached hydrogen (secondary N) is 1. The van der Waals surface area contributed by atoms with E-state index < -0.39 is 29.1 Å². The molecule has 122 valence electrons. The number of pyridine rings is 1. The monoisotopic (exact) mass is 326 g/mol. The van der Waals surface area contributed by atoms with Gasteiger partial charge < -0.3 is 19.7 Å². The van der Waals surface area contributed by atoms with Gasteiger partial charge in [-0.15, -0.1) is 0 Å². The van der Waals surface area contributed by atoms with E-state index >= 15 is 0 Å². The number of fused-ring (bicyclic) bond motifs is 2. The highest BCUT2D eigenvalue weighted by Gasteiger charge is 2.59. The van der Waals surface area contributed by atoms with Crippen LogP contribution in [0.1, 0.15) is 33.3 Å². The third kappa shape index (κ3) is 1.62. The second-order valence-corrected chi connectivity index (χ2v) is 6.04. The van der Waals surface area contributed by atoms with E-state index in [4.69, 9.17) is 4.74 Å². The van der Waals surface area contributed by atoms with Crippen molar-refractivity contribution in [2.45, 2.75) is 18.6 Å². The Labute approximate surface area is 136 Å². The van der Waals surface area contributed by atoms with Crippen LogP contribution < -0.4 is 10.5 Å². The van der Waals surface area contributed by atoms with E-state index in [1.165, 1.54) is 4.90 Å². The lowest BCUT2D eigenvalue weighted by Gasteiger charge is -2.27. The van der Waals surface area contributed by atoms with Gasteiger partial charge in [0.2, 0.25) is 5.60 Å². The maximum absolute atomic E-state index is 12.8. The van der Waals surface area contributed by atoms with Crippen LogP contribution in [0.4, 0.5) is 5.69 Å². The number of aryl methyl sites for hydroxylation is 1. The number of likely N-dealkylation sites (N-methyl/N-ethyl adjacent to an activating group) is 1. The van der Waals surface area contributed by atoms with Crippen molar-refractivity contribution in [3.05, 3.63) is 63.1 Å². The first-order valence-corrected chi connectivity index (χ1v) is 7.40. The van der Waals surface area contributed by atoms with E-state index in [0.29, 0.717) is 16.9 Å². The molecule has 2 aromatic rings.